The summed E-state index contributed by atoms with van der Waals surface area (Å²) in [5, 5.41) is 11.7. The number of nitrogens with one attached hydrogen (secondary N) is 1. The van der Waals surface area contributed by atoms with E-state index in [1.807, 2.05) is 0 Å². The van der Waals surface area contributed by atoms with Crippen molar-refractivity contribution in [1.29, 1.82) is 0 Å². The molecule has 1 heterocycles. The summed E-state index contributed by atoms with van der Waals surface area (Å²) in [6.07, 6.45) is 3.85. The fourth-order valence-corrected chi connectivity index (χ4v) is 0.848. The first-order valence-corrected chi connectivity index (χ1v) is 3.70. The molecule has 1 fully saturated rings. The summed E-state index contributed by atoms with van der Waals surface area (Å²) >= 11 is 0. The maximum atomic E-state index is 8.65. The minimum absolute atomic E-state index is 0.0597. The number of rotatable bonds is 3. The van der Waals surface area contributed by atoms with Crippen molar-refractivity contribution in [2.45, 2.75) is 25.5 Å². The van der Waals surface area contributed by atoms with Crippen LogP contribution in [-0.4, -0.2) is 16.1 Å². The number of anilines is 1. The molecule has 1 aliphatic rings. The Morgan fingerprint density at radius 2 is 2.55 bits per heavy atom. The van der Waals surface area contributed by atoms with Gasteiger partial charge in [0.1, 0.15) is 12.0 Å². The van der Waals surface area contributed by atoms with Crippen molar-refractivity contribution in [2.24, 2.45) is 0 Å². The zero-order valence-electron chi connectivity index (χ0n) is 6.08. The summed E-state index contributed by atoms with van der Waals surface area (Å²) in [7, 11) is 0. The van der Waals surface area contributed by atoms with Gasteiger partial charge in [0.25, 0.3) is 6.01 Å². The van der Waals surface area contributed by atoms with Crippen molar-refractivity contribution in [1.82, 2.24) is 4.98 Å². The molecule has 2 rings (SSSR count). The third kappa shape index (κ3) is 1.51. The number of oxazole rings is 1. The van der Waals surface area contributed by atoms with Gasteiger partial charge in [-0.2, -0.15) is 4.98 Å². The van der Waals surface area contributed by atoms with Crippen LogP contribution in [0.3, 0.4) is 0 Å². The van der Waals surface area contributed by atoms with Gasteiger partial charge in [0, 0.05) is 6.04 Å². The summed E-state index contributed by atoms with van der Waals surface area (Å²) in [6, 6.07) is 1.07. The van der Waals surface area contributed by atoms with Crippen molar-refractivity contribution in [3.63, 3.8) is 0 Å². The largest absolute Gasteiger partial charge is 0.432 e. The van der Waals surface area contributed by atoms with Gasteiger partial charge in [0.15, 0.2) is 0 Å². The van der Waals surface area contributed by atoms with Gasteiger partial charge in [-0.1, -0.05) is 0 Å². The molecule has 0 amide bonds. The molecule has 11 heavy (non-hydrogen) atoms. The first-order valence-electron chi connectivity index (χ1n) is 3.70. The summed E-state index contributed by atoms with van der Waals surface area (Å²) in [4.78, 5) is 3.98. The van der Waals surface area contributed by atoms with Gasteiger partial charge >= 0.3 is 0 Å². The van der Waals surface area contributed by atoms with Crippen molar-refractivity contribution in [3.8, 4) is 0 Å². The van der Waals surface area contributed by atoms with Gasteiger partial charge in [-0.3, -0.25) is 0 Å². The van der Waals surface area contributed by atoms with E-state index in [1.165, 1.54) is 19.1 Å². The van der Waals surface area contributed by atoms with E-state index < -0.39 is 0 Å². The average molecular weight is 154 g/mol. The van der Waals surface area contributed by atoms with Crippen LogP contribution in [0, 0.1) is 0 Å². The molecule has 60 valence electrons. The Balaban J connectivity index is 1.99. The molecule has 1 saturated carbocycles. The molecule has 0 saturated heterocycles. The number of aromatic nitrogens is 1. The van der Waals surface area contributed by atoms with Crippen LogP contribution in [0.5, 0.6) is 0 Å². The molecule has 1 aromatic heterocycles. The van der Waals surface area contributed by atoms with E-state index in [2.05, 4.69) is 10.3 Å². The minimum atomic E-state index is -0.0597. The Hall–Kier alpha value is -1.03. The third-order valence-corrected chi connectivity index (χ3v) is 1.62. The van der Waals surface area contributed by atoms with Crippen LogP contribution < -0.4 is 5.32 Å². The quantitative estimate of drug-likeness (QED) is 0.674. The highest BCUT2D eigenvalue weighted by Crippen LogP contribution is 2.23. The van der Waals surface area contributed by atoms with Crippen LogP contribution in [-0.2, 0) is 6.61 Å². The maximum absolute atomic E-state index is 8.65. The van der Waals surface area contributed by atoms with Crippen molar-refractivity contribution in [2.75, 3.05) is 5.32 Å². The predicted octanol–water partition coefficient (Wildman–Crippen LogP) is 0.741. The zero-order chi connectivity index (χ0) is 7.68. The monoisotopic (exact) mass is 154 g/mol. The molecule has 1 aliphatic carbocycles. The lowest BCUT2D eigenvalue weighted by molar-refractivity contribution is 0.276. The Kier molecular flexibility index (Phi) is 1.54. The number of nitrogens with zero attached hydrogens (tertiary/aromatic N) is 1. The maximum Gasteiger partial charge on any atom is 0.295 e. The number of hydrogen-bond donors (Lipinski definition) is 2. The molecular formula is C7H10N2O2. The first-order chi connectivity index (χ1) is 5.38. The highest BCUT2D eigenvalue weighted by Gasteiger charge is 2.22. The first kappa shape index (κ1) is 6.67. The summed E-state index contributed by atoms with van der Waals surface area (Å²) < 4.78 is 5.02. The smallest absolute Gasteiger partial charge is 0.295 e. The highest BCUT2D eigenvalue weighted by atomic mass is 16.4. The van der Waals surface area contributed by atoms with Crippen LogP contribution in [0.1, 0.15) is 18.5 Å². The Morgan fingerprint density at radius 3 is 3.09 bits per heavy atom. The molecule has 0 aromatic carbocycles. The Bertz CT molecular complexity index is 242. The lowest BCUT2D eigenvalue weighted by Crippen LogP contribution is -2.00. The lowest BCUT2D eigenvalue weighted by Gasteiger charge is -1.93. The number of hydrogen-bond acceptors (Lipinski definition) is 4. The van der Waals surface area contributed by atoms with Gasteiger partial charge in [-0.05, 0) is 12.8 Å². The van der Waals surface area contributed by atoms with Gasteiger partial charge in [-0.25, -0.2) is 0 Å². The van der Waals surface area contributed by atoms with Gasteiger partial charge < -0.3 is 14.8 Å². The standard InChI is InChI=1S/C7H10N2O2/c10-3-6-4-11-7(9-6)8-5-1-2-5/h4-5,10H,1-3H2,(H,8,9). The SMILES string of the molecule is OCc1coc(NC2CC2)n1. The van der Waals surface area contributed by atoms with E-state index in [9.17, 15) is 0 Å². The van der Waals surface area contributed by atoms with E-state index in [1.54, 1.807) is 0 Å². The van der Waals surface area contributed by atoms with E-state index >= 15 is 0 Å². The molecule has 4 nitrogen and oxygen atoms in total. The molecule has 0 bridgehead atoms. The normalized spacial score (nSPS) is 16.8. The zero-order valence-corrected chi connectivity index (χ0v) is 6.08. The Morgan fingerprint density at radius 1 is 1.73 bits per heavy atom. The summed E-state index contributed by atoms with van der Waals surface area (Å²) in [6.45, 7) is -0.0597. The van der Waals surface area contributed by atoms with Crippen LogP contribution in [0.15, 0.2) is 10.7 Å². The number of aliphatic hydroxyl groups excluding tert-OH is 1. The van der Waals surface area contributed by atoms with Crippen LogP contribution >= 0.6 is 0 Å². The second-order valence-corrected chi connectivity index (χ2v) is 2.72. The molecular weight excluding hydrogens is 144 g/mol. The van der Waals surface area contributed by atoms with Gasteiger partial charge in [0.05, 0.1) is 6.61 Å². The average Bonchev–Trinajstić information content (AvgIpc) is 2.68. The lowest BCUT2D eigenvalue weighted by atomic mass is 10.5. The van der Waals surface area contributed by atoms with Gasteiger partial charge in [0.2, 0.25) is 0 Å². The molecule has 4 heteroatoms. The second kappa shape index (κ2) is 2.54. The predicted molar refractivity (Wildman–Crippen MR) is 39.1 cm³/mol. The van der Waals surface area contributed by atoms with Crippen molar-refractivity contribution < 1.29 is 9.52 Å². The molecule has 0 atom stereocenters. The highest BCUT2D eigenvalue weighted by molar-refractivity contribution is 5.25. The molecule has 0 spiro atoms. The van der Waals surface area contributed by atoms with Crippen LogP contribution in [0.4, 0.5) is 6.01 Å². The fraction of sp³-hybridized carbons (Fsp3) is 0.571. The van der Waals surface area contributed by atoms with Crippen molar-refractivity contribution >= 4 is 6.01 Å². The summed E-state index contributed by atoms with van der Waals surface area (Å²) in [5.74, 6) is 0. The van der Waals surface area contributed by atoms with Crippen molar-refractivity contribution in [3.05, 3.63) is 12.0 Å². The van der Waals surface area contributed by atoms with E-state index in [0.717, 1.165) is 0 Å². The van der Waals surface area contributed by atoms with Crippen LogP contribution in [0.2, 0.25) is 0 Å². The Labute approximate surface area is 64.2 Å². The second-order valence-electron chi connectivity index (χ2n) is 2.72. The van der Waals surface area contributed by atoms with E-state index in [4.69, 9.17) is 9.52 Å². The molecule has 2 N–H and O–H groups in total. The molecule has 1 aromatic rings. The minimum Gasteiger partial charge on any atom is -0.432 e. The third-order valence-electron chi connectivity index (χ3n) is 1.62. The van der Waals surface area contributed by atoms with Crippen LogP contribution in [0.25, 0.3) is 0 Å². The number of aliphatic hydroxyl groups is 1. The molecule has 0 aliphatic heterocycles. The fourth-order valence-electron chi connectivity index (χ4n) is 0.848. The van der Waals surface area contributed by atoms with E-state index in [-0.39, 0.29) is 6.61 Å². The van der Waals surface area contributed by atoms with Gasteiger partial charge in [-0.15, -0.1) is 0 Å². The molecule has 0 unspecified atom stereocenters. The summed E-state index contributed by atoms with van der Waals surface area (Å²) in [5.41, 5.74) is 0.577. The molecule has 0 radical (unpaired) electrons. The topological polar surface area (TPSA) is 58.3 Å². The van der Waals surface area contributed by atoms with E-state index in [0.29, 0.717) is 17.8 Å².